The van der Waals surface area contributed by atoms with Gasteiger partial charge in [0, 0.05) is 6.04 Å². The van der Waals surface area contributed by atoms with Crippen molar-refractivity contribution in [2.45, 2.75) is 247 Å². The number of cyclic esters (lactones) is 1. The van der Waals surface area contributed by atoms with Gasteiger partial charge in [-0.05, 0) is 84.8 Å². The van der Waals surface area contributed by atoms with E-state index in [1.807, 2.05) is 10.6 Å². The van der Waals surface area contributed by atoms with Gasteiger partial charge in [-0.3, -0.25) is 47.9 Å². The van der Waals surface area contributed by atoms with Crippen molar-refractivity contribution >= 4 is 82.9 Å². The first-order valence-corrected chi connectivity index (χ1v) is 31.7. The van der Waals surface area contributed by atoms with Crippen LogP contribution in [0.2, 0.25) is 0 Å². The first kappa shape index (κ1) is 78.7. The third kappa shape index (κ3) is 30.8. The van der Waals surface area contributed by atoms with Crippen LogP contribution in [0.1, 0.15) is 168 Å². The molecule has 1 aliphatic heterocycles. The van der Waals surface area contributed by atoms with Gasteiger partial charge in [0.1, 0.15) is 60.7 Å². The third-order valence-corrected chi connectivity index (χ3v) is 15.1. The summed E-state index contributed by atoms with van der Waals surface area (Å²) in [5, 5.41) is 66.7. The molecule has 2 fully saturated rings. The molecule has 0 spiro atoms. The van der Waals surface area contributed by atoms with Crippen molar-refractivity contribution in [1.29, 1.82) is 0 Å². The molecule has 0 radical (unpaired) electrons. The quantitative estimate of drug-likeness (QED) is 0.0101. The summed E-state index contributed by atoms with van der Waals surface area (Å²) >= 11 is 5.92. The summed E-state index contributed by atoms with van der Waals surface area (Å²) in [4.78, 5) is 165. The Morgan fingerprint density at radius 1 is 0.596 bits per heavy atom. The second-order valence-corrected chi connectivity index (χ2v) is 22.9. The number of nitrogens with one attached hydrogen (secondary N) is 10. The number of hydrogen-bond donors (Lipinski definition) is 17. The highest BCUT2D eigenvalue weighted by Crippen LogP contribution is 2.19. The lowest BCUT2D eigenvalue weighted by atomic mass is 10.0. The van der Waals surface area contributed by atoms with Crippen molar-refractivity contribution < 1.29 is 82.7 Å². The number of rotatable bonds is 33. The zero-order valence-electron chi connectivity index (χ0n) is 51.7. The topological polar surface area (TPSA) is 493 Å². The number of ether oxygens (including phenoxy) is 1. The van der Waals surface area contributed by atoms with Crippen molar-refractivity contribution in [3.05, 3.63) is 11.8 Å². The van der Waals surface area contributed by atoms with E-state index in [0.717, 1.165) is 45.1 Å². The summed E-state index contributed by atoms with van der Waals surface area (Å²) in [6.45, 7) is 3.01. The van der Waals surface area contributed by atoms with Crippen LogP contribution < -0.4 is 70.4 Å². The molecular weight excluding hydrogens is 1190 g/mol. The number of aliphatic hydroxyl groups excluding tert-OH is 4. The van der Waals surface area contributed by atoms with Crippen LogP contribution in [-0.4, -0.2) is 203 Å². The molecule has 1 saturated carbocycles. The summed E-state index contributed by atoms with van der Waals surface area (Å²) in [7, 11) is 0. The Bertz CT molecular complexity index is 2320. The van der Waals surface area contributed by atoms with Gasteiger partial charge in [-0.1, -0.05) is 96.5 Å². The Labute approximate surface area is 525 Å². The van der Waals surface area contributed by atoms with Crippen LogP contribution in [0.3, 0.4) is 0 Å². The molecule has 20 N–H and O–H groups in total. The summed E-state index contributed by atoms with van der Waals surface area (Å²) in [5.74, 6) is -13.6. The average Bonchev–Trinajstić information content (AvgIpc) is 3.90. The molecule has 0 aromatic heterocycles. The minimum atomic E-state index is -2.39. The van der Waals surface area contributed by atoms with Crippen LogP contribution in [0.15, 0.2) is 11.8 Å². The number of allylic oxidation sites excluding steroid dienone is 1. The summed E-state index contributed by atoms with van der Waals surface area (Å²) < 4.78 is 5.38. The fourth-order valence-corrected chi connectivity index (χ4v) is 9.59. The number of carbonyl (C=O) groups excluding carboxylic acids is 12. The van der Waals surface area contributed by atoms with Gasteiger partial charge in [0.15, 0.2) is 12.3 Å². The fourth-order valence-electron chi connectivity index (χ4n) is 9.41. The Balaban J connectivity index is 2.68. The van der Waals surface area contributed by atoms with Crippen molar-refractivity contribution in [2.75, 3.05) is 32.1 Å². The van der Waals surface area contributed by atoms with Crippen LogP contribution in [0.25, 0.3) is 0 Å². The predicted molar refractivity (Wildman–Crippen MR) is 326 cm³/mol. The number of hydrogen-bond acceptors (Lipinski definition) is 20. The van der Waals surface area contributed by atoms with Crippen LogP contribution in [0, 0.1) is 0 Å². The van der Waals surface area contributed by atoms with Gasteiger partial charge >= 0.3 is 5.97 Å². The van der Waals surface area contributed by atoms with E-state index in [1.54, 1.807) is 0 Å². The molecule has 0 aromatic rings. The molecule has 0 bridgehead atoms. The number of amides is 10. The van der Waals surface area contributed by atoms with Crippen molar-refractivity contribution in [3.8, 4) is 0 Å². The van der Waals surface area contributed by atoms with Crippen molar-refractivity contribution in [1.82, 2.24) is 53.2 Å². The number of nitrogens with two attached hydrogens (primary N) is 3. The van der Waals surface area contributed by atoms with Gasteiger partial charge in [-0.25, -0.2) is 4.79 Å². The molecule has 2 aliphatic rings. The molecule has 1 aliphatic carbocycles. The molecule has 1 saturated heterocycles. The minimum absolute atomic E-state index is 0.119. The average molecular weight is 1290 g/mol. The smallest absolute Gasteiger partial charge is 0.331 e. The lowest BCUT2D eigenvalue weighted by Crippen LogP contribution is -2.62. The molecule has 2 rings (SSSR count). The molecule has 89 heavy (non-hydrogen) atoms. The van der Waals surface area contributed by atoms with E-state index in [2.05, 4.69) is 49.5 Å². The van der Waals surface area contributed by atoms with Gasteiger partial charge in [0.05, 0.1) is 37.0 Å². The second-order valence-electron chi connectivity index (χ2n) is 22.6. The van der Waals surface area contributed by atoms with Crippen LogP contribution in [-0.2, 0) is 62.3 Å². The Hall–Kier alpha value is -6.41. The van der Waals surface area contributed by atoms with E-state index < -0.39 is 169 Å². The Morgan fingerprint density at radius 3 is 1.61 bits per heavy atom. The number of aliphatic hydroxyl groups is 4. The van der Waals surface area contributed by atoms with E-state index >= 15 is 0 Å². The normalized spacial score (nSPS) is 24.5. The lowest BCUT2D eigenvalue weighted by Gasteiger charge is -2.28. The number of unbranched alkanes of at least 4 members (excludes halogenated alkanes) is 13. The zero-order valence-corrected chi connectivity index (χ0v) is 52.4. The summed E-state index contributed by atoms with van der Waals surface area (Å²) in [6, 6.07) is -15.1. The molecule has 0 unspecified atom stereocenters. The molecule has 1 heterocycles. The van der Waals surface area contributed by atoms with Gasteiger partial charge in [-0.2, -0.15) is 0 Å². The highest BCUT2D eigenvalue weighted by Gasteiger charge is 2.40. The van der Waals surface area contributed by atoms with E-state index in [4.69, 9.17) is 33.5 Å². The maximum absolute atomic E-state index is 14.4. The fraction of sp³-hybridized carbons (Fsp3) is 0.759. The van der Waals surface area contributed by atoms with E-state index in [-0.39, 0.29) is 64.1 Å². The first-order chi connectivity index (χ1) is 42.5. The van der Waals surface area contributed by atoms with Gasteiger partial charge in [0.2, 0.25) is 53.2 Å². The predicted octanol–water partition coefficient (Wildman–Crippen LogP) is -3.29. The number of halogens is 1. The monoisotopic (exact) mass is 1290 g/mol. The van der Waals surface area contributed by atoms with E-state index in [1.165, 1.54) is 51.9 Å². The van der Waals surface area contributed by atoms with Gasteiger partial charge in [-0.15, -0.1) is 11.6 Å². The Kier molecular flexibility index (Phi) is 39.0. The summed E-state index contributed by atoms with van der Waals surface area (Å²) in [6.07, 6.45) is 7.59. The lowest BCUT2D eigenvalue weighted by molar-refractivity contribution is -0.153. The maximum Gasteiger partial charge on any atom is 0.331 e. The van der Waals surface area contributed by atoms with Crippen LogP contribution in [0.4, 0.5) is 0 Å². The zero-order chi connectivity index (χ0) is 66.4. The van der Waals surface area contributed by atoms with E-state index in [0.29, 0.717) is 25.7 Å². The number of esters is 1. The molecule has 0 aromatic carbocycles. The Morgan fingerprint density at radius 2 is 1.10 bits per heavy atom. The molecule has 30 nitrogen and oxygen atoms in total. The van der Waals surface area contributed by atoms with Crippen LogP contribution in [0.5, 0.6) is 0 Å². The number of alkyl halides is 1. The largest absolute Gasteiger partial charge is 0.461 e. The highest BCUT2D eigenvalue weighted by molar-refractivity contribution is 6.18. The number of aldehydes is 1. The minimum Gasteiger partial charge on any atom is -0.461 e. The molecule has 506 valence electrons. The van der Waals surface area contributed by atoms with Crippen molar-refractivity contribution in [2.24, 2.45) is 17.2 Å². The SMILES string of the molecule is C/C=C1\NC(=O)[C@H]([C@@H](C)O)NC(=O)[C@H](CCN)NC(=O)[C@H](CCCCN)NC(=O)[C@H](CC(=O)NC2CC2)NC(=O)[C@@H](CCN)NC(=O)[C@@H](NC(=O)C[C@@H](O)CCCCCCCCCCCCCCC)COC(=O)[C@H]([C@H](O)CCl)NC(=O)[C@H]([C@H](O)C=O)NC1=O. The first-order valence-electron chi connectivity index (χ1n) is 31.2. The molecule has 31 heteroatoms. The van der Waals surface area contributed by atoms with Gasteiger partial charge in [0.25, 0.3) is 5.91 Å². The number of carbonyl (C=O) groups is 12. The maximum atomic E-state index is 14.4. The summed E-state index contributed by atoms with van der Waals surface area (Å²) in [5.41, 5.74) is 16.8. The molecule has 10 amide bonds. The van der Waals surface area contributed by atoms with Crippen molar-refractivity contribution in [3.63, 3.8) is 0 Å². The highest BCUT2D eigenvalue weighted by atomic mass is 35.5. The van der Waals surface area contributed by atoms with Crippen LogP contribution >= 0.6 is 11.6 Å². The standard InChI is InChI=1S/C58H100ClN13O17/c1-4-6-7-8-9-10-11-12-13-14-15-16-17-20-36(75)29-45(78)64-42-33-89-58(88)49(43(76)31-59)72-57(87)48(44(77)32-73)71-50(80)37(5-2)65-56(86)47(34(3)74)70-53(83)40(25-28-62)67-51(81)38(21-18-19-26-60)66-54(84)41(30-46(79)63-35-22-23-35)69-52(82)39(24-27-61)68-55(42)85/h5,32,34-36,38-44,47-49,74-77H,4,6-31,33,60-62H2,1-3H3,(H,63,79)(H,64,78)(H,65,86)(H,66,84)(H,67,81)(H,68,85)(H,69,82)(H,70,83)(H,71,80)(H,72,87)/b37-5-/t34-,36+,38+,39-,40+,41+,42+,43-,44-,47+,48+,49+/m1/s1. The van der Waals surface area contributed by atoms with E-state index in [9.17, 15) is 78.0 Å². The molecular formula is C58H100ClN13O17. The third-order valence-electron chi connectivity index (χ3n) is 14.8. The van der Waals surface area contributed by atoms with Gasteiger partial charge < -0.3 is 100 Å². The molecule has 12 atom stereocenters. The second kappa shape index (κ2) is 44.1.